The van der Waals surface area contributed by atoms with E-state index >= 15 is 0 Å². The average Bonchev–Trinajstić information content (AvgIpc) is 2.01. The Morgan fingerprint density at radius 2 is 1.79 bits per heavy atom. The first-order valence-corrected chi connectivity index (χ1v) is 4.57. The van der Waals surface area contributed by atoms with Crippen LogP contribution in [0.5, 0.6) is 0 Å². The summed E-state index contributed by atoms with van der Waals surface area (Å²) in [6.07, 6.45) is 0. The summed E-state index contributed by atoms with van der Waals surface area (Å²) >= 11 is 11.4. The van der Waals surface area contributed by atoms with E-state index in [1.165, 1.54) is 19.9 Å². The number of ketones is 2. The van der Waals surface area contributed by atoms with E-state index in [9.17, 15) is 9.59 Å². The molecule has 0 aliphatic carbocycles. The zero-order chi connectivity index (χ0) is 10.9. The van der Waals surface area contributed by atoms with Gasteiger partial charge in [-0.2, -0.15) is 0 Å². The van der Waals surface area contributed by atoms with Crippen LogP contribution in [0.4, 0.5) is 0 Å². The number of hydrogen-bond acceptors (Lipinski definition) is 3. The summed E-state index contributed by atoms with van der Waals surface area (Å²) in [5, 5.41) is 0.257. The van der Waals surface area contributed by atoms with Crippen LogP contribution in [0, 0.1) is 0 Å². The van der Waals surface area contributed by atoms with Gasteiger partial charge in [0.05, 0.1) is 10.6 Å². The third-order valence-corrected chi connectivity index (χ3v) is 2.12. The molecule has 0 bridgehead atoms. The van der Waals surface area contributed by atoms with Crippen molar-refractivity contribution in [1.82, 2.24) is 4.98 Å². The van der Waals surface area contributed by atoms with Crippen LogP contribution in [-0.2, 0) is 0 Å². The Balaban J connectivity index is 3.52. The Hall–Kier alpha value is -0.930. The molecular formula is C9H7Cl2NO2. The van der Waals surface area contributed by atoms with Crippen LogP contribution in [0.3, 0.4) is 0 Å². The molecule has 1 rings (SSSR count). The summed E-state index contributed by atoms with van der Waals surface area (Å²) in [6, 6.07) is 1.34. The smallest absolute Gasteiger partial charge is 0.178 e. The molecule has 5 heteroatoms. The monoisotopic (exact) mass is 231 g/mol. The second-order valence-electron chi connectivity index (χ2n) is 2.76. The lowest BCUT2D eigenvalue weighted by molar-refractivity contribution is 0.0977. The third-order valence-electron chi connectivity index (χ3n) is 1.63. The van der Waals surface area contributed by atoms with Gasteiger partial charge in [-0.05, 0) is 13.0 Å². The van der Waals surface area contributed by atoms with E-state index in [1.54, 1.807) is 0 Å². The number of nitrogens with zero attached hydrogens (tertiary/aromatic N) is 1. The maximum absolute atomic E-state index is 11.2. The maximum atomic E-state index is 11.2. The molecule has 0 aliphatic rings. The Labute approximate surface area is 91.0 Å². The van der Waals surface area contributed by atoms with Gasteiger partial charge in [-0.25, -0.2) is 4.98 Å². The van der Waals surface area contributed by atoms with Crippen molar-refractivity contribution >= 4 is 34.8 Å². The molecular weight excluding hydrogens is 225 g/mol. The van der Waals surface area contributed by atoms with Crippen LogP contribution in [0.15, 0.2) is 6.07 Å². The highest BCUT2D eigenvalue weighted by molar-refractivity contribution is 6.37. The van der Waals surface area contributed by atoms with Gasteiger partial charge in [0.2, 0.25) is 0 Å². The van der Waals surface area contributed by atoms with Crippen molar-refractivity contribution in [2.45, 2.75) is 13.8 Å². The number of rotatable bonds is 2. The van der Waals surface area contributed by atoms with E-state index in [0.717, 1.165) is 0 Å². The molecule has 0 atom stereocenters. The van der Waals surface area contributed by atoms with Gasteiger partial charge >= 0.3 is 0 Å². The van der Waals surface area contributed by atoms with Crippen LogP contribution < -0.4 is 0 Å². The van der Waals surface area contributed by atoms with Crippen molar-refractivity contribution in [1.29, 1.82) is 0 Å². The highest BCUT2D eigenvalue weighted by atomic mass is 35.5. The van der Waals surface area contributed by atoms with Gasteiger partial charge in [0.15, 0.2) is 11.6 Å². The molecule has 0 radical (unpaired) electrons. The Morgan fingerprint density at radius 3 is 2.21 bits per heavy atom. The zero-order valence-corrected chi connectivity index (χ0v) is 9.11. The lowest BCUT2D eigenvalue weighted by Gasteiger charge is -2.05. The van der Waals surface area contributed by atoms with Gasteiger partial charge in [0.1, 0.15) is 10.8 Å². The van der Waals surface area contributed by atoms with Crippen LogP contribution in [0.1, 0.15) is 34.7 Å². The van der Waals surface area contributed by atoms with Crippen molar-refractivity contribution in [2.75, 3.05) is 0 Å². The van der Waals surface area contributed by atoms with Crippen LogP contribution in [0.2, 0.25) is 10.2 Å². The summed E-state index contributed by atoms with van der Waals surface area (Å²) in [4.78, 5) is 26.1. The summed E-state index contributed by atoms with van der Waals surface area (Å²) < 4.78 is 0. The zero-order valence-electron chi connectivity index (χ0n) is 7.60. The van der Waals surface area contributed by atoms with Gasteiger partial charge in [-0.3, -0.25) is 9.59 Å². The standard InChI is InChI=1S/C9H7Cl2NO2/c1-4(13)8-6(10)3-7(11)12-9(8)5(2)14/h3H,1-2H3. The van der Waals surface area contributed by atoms with Crippen LogP contribution in [-0.4, -0.2) is 16.6 Å². The molecule has 0 aromatic carbocycles. The molecule has 74 valence electrons. The van der Waals surface area contributed by atoms with Gasteiger partial charge in [-0.15, -0.1) is 0 Å². The second kappa shape index (κ2) is 4.07. The first-order chi connectivity index (χ1) is 6.43. The van der Waals surface area contributed by atoms with Crippen LogP contribution >= 0.6 is 23.2 Å². The number of carbonyl (C=O) groups excluding carboxylic acids is 2. The fourth-order valence-corrected chi connectivity index (χ4v) is 1.65. The fourth-order valence-electron chi connectivity index (χ4n) is 1.07. The average molecular weight is 232 g/mol. The number of aromatic nitrogens is 1. The topological polar surface area (TPSA) is 47.0 Å². The molecule has 0 unspecified atom stereocenters. The third kappa shape index (κ3) is 2.11. The lowest BCUT2D eigenvalue weighted by atomic mass is 10.1. The summed E-state index contributed by atoms with van der Waals surface area (Å²) in [6.45, 7) is 2.63. The highest BCUT2D eigenvalue weighted by Gasteiger charge is 2.17. The minimum atomic E-state index is -0.334. The van der Waals surface area contributed by atoms with Crippen molar-refractivity contribution in [3.8, 4) is 0 Å². The Kier molecular flexibility index (Phi) is 3.24. The molecule has 0 spiro atoms. The Morgan fingerprint density at radius 1 is 1.21 bits per heavy atom. The predicted octanol–water partition coefficient (Wildman–Crippen LogP) is 2.79. The molecule has 1 aromatic heterocycles. The van der Waals surface area contributed by atoms with E-state index in [1.807, 2.05) is 0 Å². The molecule has 14 heavy (non-hydrogen) atoms. The minimum absolute atomic E-state index is 0.0231. The summed E-state index contributed by atoms with van der Waals surface area (Å²) in [5.74, 6) is -0.635. The lowest BCUT2D eigenvalue weighted by Crippen LogP contribution is -2.08. The summed E-state index contributed by atoms with van der Waals surface area (Å²) in [5.41, 5.74) is 0.151. The molecule has 0 aliphatic heterocycles. The molecule has 0 saturated carbocycles. The Bertz CT molecular complexity index is 416. The molecule has 1 heterocycles. The van der Waals surface area contributed by atoms with Gasteiger partial charge < -0.3 is 0 Å². The number of hydrogen-bond donors (Lipinski definition) is 0. The van der Waals surface area contributed by atoms with Crippen molar-refractivity contribution in [3.05, 3.63) is 27.5 Å². The maximum Gasteiger partial charge on any atom is 0.178 e. The normalized spacial score (nSPS) is 10.0. The second-order valence-corrected chi connectivity index (χ2v) is 3.56. The molecule has 1 aromatic rings. The fraction of sp³-hybridized carbons (Fsp3) is 0.222. The number of carbonyl (C=O) groups is 2. The van der Waals surface area contributed by atoms with E-state index in [0.29, 0.717) is 0 Å². The van der Waals surface area contributed by atoms with Crippen molar-refractivity contribution in [3.63, 3.8) is 0 Å². The largest absolute Gasteiger partial charge is 0.294 e. The quantitative estimate of drug-likeness (QED) is 0.581. The van der Waals surface area contributed by atoms with Crippen LogP contribution in [0.25, 0.3) is 0 Å². The van der Waals surface area contributed by atoms with Gasteiger partial charge in [0, 0.05) is 6.92 Å². The van der Waals surface area contributed by atoms with Crippen molar-refractivity contribution < 1.29 is 9.59 Å². The molecule has 0 N–H and O–H groups in total. The first kappa shape index (κ1) is 11.1. The number of Topliss-reactive ketones (excluding diaryl/α,β-unsaturated/α-hetero) is 2. The number of pyridine rings is 1. The molecule has 0 fully saturated rings. The van der Waals surface area contributed by atoms with E-state index in [2.05, 4.69) is 4.98 Å². The van der Waals surface area contributed by atoms with Crippen molar-refractivity contribution in [2.24, 2.45) is 0 Å². The van der Waals surface area contributed by atoms with Gasteiger partial charge in [0.25, 0.3) is 0 Å². The van der Waals surface area contributed by atoms with E-state index in [-0.39, 0.29) is 33.0 Å². The molecule has 0 amide bonds. The first-order valence-electron chi connectivity index (χ1n) is 3.81. The SMILES string of the molecule is CC(=O)c1nc(Cl)cc(Cl)c1C(C)=O. The predicted molar refractivity (Wildman–Crippen MR) is 54.3 cm³/mol. The number of halogens is 2. The van der Waals surface area contributed by atoms with E-state index < -0.39 is 0 Å². The molecule has 3 nitrogen and oxygen atoms in total. The minimum Gasteiger partial charge on any atom is -0.294 e. The molecule has 0 saturated heterocycles. The summed E-state index contributed by atoms with van der Waals surface area (Å²) in [7, 11) is 0. The highest BCUT2D eigenvalue weighted by Crippen LogP contribution is 2.23. The van der Waals surface area contributed by atoms with Gasteiger partial charge in [-0.1, -0.05) is 23.2 Å². The van der Waals surface area contributed by atoms with E-state index in [4.69, 9.17) is 23.2 Å².